The molecule has 16 heavy (non-hydrogen) atoms. The van der Waals surface area contributed by atoms with Crippen molar-refractivity contribution in [3.8, 4) is 5.75 Å². The van der Waals surface area contributed by atoms with E-state index in [0.29, 0.717) is 0 Å². The molecule has 1 aromatic rings. The van der Waals surface area contributed by atoms with Gasteiger partial charge in [-0.1, -0.05) is 0 Å². The van der Waals surface area contributed by atoms with Gasteiger partial charge in [-0.25, -0.2) is 4.39 Å². The number of hydrogen-bond donors (Lipinski definition) is 3. The molecule has 0 amide bonds. The van der Waals surface area contributed by atoms with Gasteiger partial charge in [0.25, 0.3) is 0 Å². The van der Waals surface area contributed by atoms with Gasteiger partial charge in [-0.2, -0.15) is 0 Å². The van der Waals surface area contributed by atoms with Gasteiger partial charge in [0.1, 0.15) is 5.75 Å². The molecule has 2 atom stereocenters. The van der Waals surface area contributed by atoms with Gasteiger partial charge in [0.05, 0.1) is 6.20 Å². The number of aliphatic hydroxyl groups is 1. The fourth-order valence-corrected chi connectivity index (χ4v) is 1.53. The summed E-state index contributed by atoms with van der Waals surface area (Å²) >= 11 is 0. The van der Waals surface area contributed by atoms with E-state index in [9.17, 15) is 14.1 Å². The van der Waals surface area contributed by atoms with Crippen LogP contribution >= 0.6 is 8.25 Å². The Kier molecular flexibility index (Phi) is 4.82. The summed E-state index contributed by atoms with van der Waals surface area (Å²) in [6.07, 6.45) is 0.000927. The lowest BCUT2D eigenvalue weighted by molar-refractivity contribution is 0.0620. The molecule has 1 rings (SSSR count). The largest absolute Gasteiger partial charge is 0.506 e. The summed E-state index contributed by atoms with van der Waals surface area (Å²) in [7, 11) is -3.42. The molecule has 2 unspecified atom stereocenters. The van der Waals surface area contributed by atoms with Crippen LogP contribution < -0.4 is 0 Å². The van der Waals surface area contributed by atoms with E-state index in [1.165, 1.54) is 0 Å². The Labute approximate surface area is 91.3 Å². The molecule has 1 heterocycles. The quantitative estimate of drug-likeness (QED) is 0.666. The molecule has 90 valence electrons. The highest BCUT2D eigenvalue weighted by Gasteiger charge is 2.19. The second-order valence-corrected chi connectivity index (χ2v) is 3.67. The molecule has 8 heteroatoms. The molecule has 0 spiro atoms. The van der Waals surface area contributed by atoms with Crippen molar-refractivity contribution in [2.45, 2.75) is 12.8 Å². The number of pyridine rings is 1. The Morgan fingerprint density at radius 3 is 2.81 bits per heavy atom. The van der Waals surface area contributed by atoms with Crippen LogP contribution in [0.25, 0.3) is 0 Å². The van der Waals surface area contributed by atoms with Crippen LogP contribution in [-0.2, 0) is 15.5 Å². The number of halogens is 1. The fraction of sp³-hybridized carbons (Fsp3) is 0.375. The first-order valence-corrected chi connectivity index (χ1v) is 5.63. The van der Waals surface area contributed by atoms with Crippen LogP contribution in [0.1, 0.15) is 17.5 Å². The first-order chi connectivity index (χ1) is 7.56. The zero-order valence-electron chi connectivity index (χ0n) is 8.13. The van der Waals surface area contributed by atoms with Gasteiger partial charge in [0, 0.05) is 23.9 Å². The van der Waals surface area contributed by atoms with Crippen LogP contribution in [0.4, 0.5) is 4.39 Å². The maximum Gasteiger partial charge on any atom is 0.319 e. The van der Waals surface area contributed by atoms with Crippen LogP contribution in [0.3, 0.4) is 0 Å². The van der Waals surface area contributed by atoms with Crippen molar-refractivity contribution < 1.29 is 28.6 Å². The molecule has 0 saturated carbocycles. The lowest BCUT2D eigenvalue weighted by Crippen LogP contribution is -2.03. The highest BCUT2D eigenvalue weighted by molar-refractivity contribution is 7.32. The van der Waals surface area contributed by atoms with Crippen LogP contribution in [0, 0.1) is 0 Å². The highest BCUT2D eigenvalue weighted by atomic mass is 31.1. The van der Waals surface area contributed by atoms with Crippen LogP contribution in [0.2, 0.25) is 0 Å². The summed E-state index contributed by atoms with van der Waals surface area (Å²) < 4.78 is 27.8. The molecule has 0 aliphatic carbocycles. The first kappa shape index (κ1) is 13.1. The zero-order valence-corrected chi connectivity index (χ0v) is 9.13. The molecule has 0 radical (unpaired) electrons. The van der Waals surface area contributed by atoms with E-state index in [2.05, 4.69) is 9.51 Å². The van der Waals surface area contributed by atoms with E-state index in [4.69, 9.17) is 10.00 Å². The molecule has 0 fully saturated rings. The summed E-state index contributed by atoms with van der Waals surface area (Å²) in [4.78, 5) is 12.0. The van der Waals surface area contributed by atoms with Gasteiger partial charge < -0.3 is 15.1 Å². The topological polar surface area (TPSA) is 99.9 Å². The smallest absolute Gasteiger partial charge is 0.319 e. The predicted molar refractivity (Wildman–Crippen MR) is 52.8 cm³/mol. The number of aliphatic hydroxyl groups excluding tert-OH is 1. The summed E-state index contributed by atoms with van der Waals surface area (Å²) in [6, 6.07) is 0. The SMILES string of the molecule is O=[PH](O)OC(F)c1cncc(O)c1CCO. The van der Waals surface area contributed by atoms with Gasteiger partial charge >= 0.3 is 8.25 Å². The van der Waals surface area contributed by atoms with Gasteiger partial charge in [-0.3, -0.25) is 14.1 Å². The molecule has 0 aliphatic heterocycles. The van der Waals surface area contributed by atoms with Crippen molar-refractivity contribution in [1.29, 1.82) is 0 Å². The third-order valence-corrected chi connectivity index (χ3v) is 2.29. The second-order valence-electron chi connectivity index (χ2n) is 2.90. The van der Waals surface area contributed by atoms with Crippen LogP contribution in [-0.4, -0.2) is 26.7 Å². The van der Waals surface area contributed by atoms with Gasteiger partial charge in [-0.05, 0) is 6.42 Å². The second kappa shape index (κ2) is 5.91. The minimum Gasteiger partial charge on any atom is -0.506 e. The molecule has 1 aromatic heterocycles. The highest BCUT2D eigenvalue weighted by Crippen LogP contribution is 2.34. The lowest BCUT2D eigenvalue weighted by Gasteiger charge is -2.12. The van der Waals surface area contributed by atoms with Crippen LogP contribution in [0.15, 0.2) is 12.4 Å². The Hall–Kier alpha value is -1.01. The minimum absolute atomic E-state index is 0.000172. The van der Waals surface area contributed by atoms with Gasteiger partial charge in [0.15, 0.2) is 0 Å². The minimum atomic E-state index is -3.42. The van der Waals surface area contributed by atoms with Crippen molar-refractivity contribution in [2.24, 2.45) is 0 Å². The summed E-state index contributed by atoms with van der Waals surface area (Å²) in [5.74, 6) is -0.296. The molecule has 6 nitrogen and oxygen atoms in total. The summed E-state index contributed by atoms with van der Waals surface area (Å²) in [6.45, 7) is -0.300. The number of aromatic nitrogens is 1. The molecule has 0 aromatic carbocycles. The maximum atomic E-state index is 13.4. The summed E-state index contributed by atoms with van der Waals surface area (Å²) in [5.41, 5.74) is -0.0605. The number of hydrogen-bond acceptors (Lipinski definition) is 5. The predicted octanol–water partition coefficient (Wildman–Crippen LogP) is 0.689. The fourth-order valence-electron chi connectivity index (χ4n) is 1.22. The van der Waals surface area contributed by atoms with E-state index in [1.54, 1.807) is 0 Å². The Morgan fingerprint density at radius 1 is 1.56 bits per heavy atom. The average molecular weight is 251 g/mol. The van der Waals surface area contributed by atoms with E-state index in [-0.39, 0.29) is 29.9 Å². The lowest BCUT2D eigenvalue weighted by atomic mass is 10.1. The van der Waals surface area contributed by atoms with Crippen LogP contribution in [0.5, 0.6) is 5.75 Å². The average Bonchev–Trinajstić information content (AvgIpc) is 2.20. The molecule has 0 saturated heterocycles. The third kappa shape index (κ3) is 3.24. The van der Waals surface area contributed by atoms with Gasteiger partial charge in [-0.15, -0.1) is 0 Å². The van der Waals surface area contributed by atoms with E-state index < -0.39 is 14.6 Å². The number of aromatic hydroxyl groups is 1. The summed E-state index contributed by atoms with van der Waals surface area (Å²) in [5, 5.41) is 18.1. The molecule has 0 bridgehead atoms. The normalized spacial score (nSPS) is 14.7. The van der Waals surface area contributed by atoms with E-state index in [0.717, 1.165) is 12.4 Å². The van der Waals surface area contributed by atoms with Gasteiger partial charge in [0.2, 0.25) is 6.36 Å². The van der Waals surface area contributed by atoms with E-state index >= 15 is 0 Å². The maximum absolute atomic E-state index is 13.4. The number of alkyl halides is 1. The van der Waals surface area contributed by atoms with Crippen molar-refractivity contribution in [3.63, 3.8) is 0 Å². The Morgan fingerprint density at radius 2 is 2.25 bits per heavy atom. The Bertz CT molecular complexity index is 389. The molecule has 3 N–H and O–H groups in total. The van der Waals surface area contributed by atoms with Crippen molar-refractivity contribution in [2.75, 3.05) is 6.61 Å². The standard InChI is InChI=1S/C8H11FNO5P/c9-8(15-16(13)14)6-3-10-4-7(12)5(6)1-2-11/h3-4,8,11-12,16H,1-2H2,(H,13,14). The van der Waals surface area contributed by atoms with Crippen molar-refractivity contribution in [1.82, 2.24) is 4.98 Å². The zero-order chi connectivity index (χ0) is 12.1. The molecular weight excluding hydrogens is 240 g/mol. The monoisotopic (exact) mass is 251 g/mol. The van der Waals surface area contributed by atoms with Crippen molar-refractivity contribution >= 4 is 8.25 Å². The van der Waals surface area contributed by atoms with Crippen molar-refractivity contribution in [3.05, 3.63) is 23.5 Å². The number of rotatable bonds is 5. The number of nitrogens with zero attached hydrogens (tertiary/aromatic N) is 1. The third-order valence-electron chi connectivity index (χ3n) is 1.88. The van der Waals surface area contributed by atoms with E-state index in [1.807, 2.05) is 0 Å². The molecular formula is C8H11FNO5P. The first-order valence-electron chi connectivity index (χ1n) is 4.36. The molecule has 0 aliphatic rings. The Balaban J connectivity index is 3.01.